The van der Waals surface area contributed by atoms with E-state index in [9.17, 15) is 14.4 Å². The summed E-state index contributed by atoms with van der Waals surface area (Å²) in [5.74, 6) is -1.90. The van der Waals surface area contributed by atoms with Crippen LogP contribution in [0.1, 0.15) is 6.42 Å². The number of carboxylic acid groups (broad SMARTS) is 1. The predicted octanol–water partition coefficient (Wildman–Crippen LogP) is -0.588. The average Bonchev–Trinajstić information content (AvgIpc) is 2.46. The Kier molecular flexibility index (Phi) is 2.90. The van der Waals surface area contributed by atoms with Gasteiger partial charge in [-0.2, -0.15) is 0 Å². The van der Waals surface area contributed by atoms with E-state index < -0.39 is 30.5 Å². The van der Waals surface area contributed by atoms with E-state index in [1.54, 1.807) is 0 Å². The second-order valence-electron chi connectivity index (χ2n) is 2.65. The van der Waals surface area contributed by atoms with Gasteiger partial charge in [-0.25, -0.2) is 9.59 Å². The van der Waals surface area contributed by atoms with E-state index in [2.05, 4.69) is 9.47 Å². The van der Waals surface area contributed by atoms with Crippen LogP contribution in [0.2, 0.25) is 0 Å². The Bertz CT molecular complexity index is 275. The van der Waals surface area contributed by atoms with Crippen LogP contribution in [-0.2, 0) is 19.1 Å². The van der Waals surface area contributed by atoms with Crippen molar-refractivity contribution in [1.82, 2.24) is 4.90 Å². The number of carboxylic acids is 1. The monoisotopic (exact) mass is 203 g/mol. The third-order valence-electron chi connectivity index (χ3n) is 1.77. The molecule has 1 fully saturated rings. The molecule has 0 unspecified atom stereocenters. The molecule has 7 heteroatoms. The number of methoxy groups -OCH3 is 1. The highest BCUT2D eigenvalue weighted by atomic mass is 16.6. The highest BCUT2D eigenvalue weighted by Gasteiger charge is 2.39. The van der Waals surface area contributed by atoms with Crippen LogP contribution < -0.4 is 0 Å². The maximum Gasteiger partial charge on any atom is 0.412 e. The lowest BCUT2D eigenvalue weighted by molar-refractivity contribution is -0.144. The molecule has 1 aliphatic heterocycles. The topological polar surface area (TPSA) is 93.1 Å². The van der Waals surface area contributed by atoms with Gasteiger partial charge >= 0.3 is 18.0 Å². The van der Waals surface area contributed by atoms with Crippen molar-refractivity contribution in [2.45, 2.75) is 12.5 Å². The van der Waals surface area contributed by atoms with E-state index in [0.29, 0.717) is 0 Å². The van der Waals surface area contributed by atoms with E-state index in [-0.39, 0.29) is 6.73 Å². The number of nitrogens with zero attached hydrogens (tertiary/aromatic N) is 1. The molecule has 0 aromatic heterocycles. The SMILES string of the molecule is COC(=O)N1COC(=O)[C@@H]1CC(=O)O. The second-order valence-corrected chi connectivity index (χ2v) is 2.65. The predicted molar refractivity (Wildman–Crippen MR) is 41.2 cm³/mol. The van der Waals surface area contributed by atoms with Crippen molar-refractivity contribution in [3.63, 3.8) is 0 Å². The number of hydrogen-bond donors (Lipinski definition) is 1. The van der Waals surface area contributed by atoms with Gasteiger partial charge in [0.2, 0.25) is 0 Å². The van der Waals surface area contributed by atoms with Crippen molar-refractivity contribution in [3.05, 3.63) is 0 Å². The molecule has 1 aliphatic rings. The van der Waals surface area contributed by atoms with Crippen molar-refractivity contribution in [1.29, 1.82) is 0 Å². The lowest BCUT2D eigenvalue weighted by Gasteiger charge is -2.16. The smallest absolute Gasteiger partial charge is 0.412 e. The first-order valence-corrected chi connectivity index (χ1v) is 3.79. The molecule has 14 heavy (non-hydrogen) atoms. The lowest BCUT2D eigenvalue weighted by Crippen LogP contribution is -2.39. The minimum Gasteiger partial charge on any atom is -0.481 e. The van der Waals surface area contributed by atoms with Gasteiger partial charge in [-0.05, 0) is 0 Å². The van der Waals surface area contributed by atoms with Crippen LogP contribution in [0.4, 0.5) is 4.79 Å². The number of carbonyl (C=O) groups excluding carboxylic acids is 2. The number of carbonyl (C=O) groups is 3. The molecule has 1 heterocycles. The van der Waals surface area contributed by atoms with Crippen molar-refractivity contribution >= 4 is 18.0 Å². The van der Waals surface area contributed by atoms with Crippen LogP contribution in [0.5, 0.6) is 0 Å². The molecule has 0 aromatic rings. The highest BCUT2D eigenvalue weighted by molar-refractivity contribution is 5.87. The Morgan fingerprint density at radius 2 is 2.36 bits per heavy atom. The van der Waals surface area contributed by atoms with Gasteiger partial charge in [0.1, 0.15) is 6.04 Å². The first-order valence-electron chi connectivity index (χ1n) is 3.79. The summed E-state index contributed by atoms with van der Waals surface area (Å²) in [4.78, 5) is 33.3. The lowest BCUT2D eigenvalue weighted by atomic mass is 10.2. The van der Waals surface area contributed by atoms with Crippen LogP contribution in [0, 0.1) is 0 Å². The molecule has 1 atom stereocenters. The summed E-state index contributed by atoms with van der Waals surface area (Å²) < 4.78 is 8.88. The molecule has 78 valence electrons. The summed E-state index contributed by atoms with van der Waals surface area (Å²) in [7, 11) is 1.14. The Morgan fingerprint density at radius 3 is 2.86 bits per heavy atom. The number of esters is 1. The number of rotatable bonds is 2. The largest absolute Gasteiger partial charge is 0.481 e. The molecule has 7 nitrogen and oxygen atoms in total. The number of cyclic esters (lactones) is 1. The fourth-order valence-corrected chi connectivity index (χ4v) is 1.10. The summed E-state index contributed by atoms with van der Waals surface area (Å²) in [5, 5.41) is 8.48. The Labute approximate surface area is 79.2 Å². The van der Waals surface area contributed by atoms with Crippen LogP contribution in [-0.4, -0.2) is 47.9 Å². The molecule has 1 amide bonds. The fourth-order valence-electron chi connectivity index (χ4n) is 1.10. The minimum absolute atomic E-state index is 0.260. The summed E-state index contributed by atoms with van der Waals surface area (Å²) in [5.41, 5.74) is 0. The Hall–Kier alpha value is -1.79. The van der Waals surface area contributed by atoms with E-state index in [4.69, 9.17) is 5.11 Å². The number of hydrogen-bond acceptors (Lipinski definition) is 5. The molecule has 0 saturated carbocycles. The van der Waals surface area contributed by atoms with Gasteiger partial charge in [-0.3, -0.25) is 9.69 Å². The minimum atomic E-state index is -1.18. The third kappa shape index (κ3) is 1.93. The molecule has 0 spiro atoms. The summed E-state index contributed by atoms with van der Waals surface area (Å²) in [6.07, 6.45) is -1.25. The van der Waals surface area contributed by atoms with Gasteiger partial charge in [0.25, 0.3) is 0 Å². The fraction of sp³-hybridized carbons (Fsp3) is 0.571. The van der Waals surface area contributed by atoms with E-state index in [1.165, 1.54) is 0 Å². The number of aliphatic carboxylic acids is 1. The number of amides is 1. The molecule has 0 bridgehead atoms. The van der Waals surface area contributed by atoms with E-state index in [0.717, 1.165) is 12.0 Å². The van der Waals surface area contributed by atoms with E-state index in [1.807, 2.05) is 0 Å². The van der Waals surface area contributed by atoms with Crippen molar-refractivity contribution in [3.8, 4) is 0 Å². The molecule has 0 aromatic carbocycles. The molecule has 1 N–H and O–H groups in total. The van der Waals surface area contributed by atoms with Gasteiger partial charge in [0, 0.05) is 0 Å². The molecular weight excluding hydrogens is 194 g/mol. The summed E-state index contributed by atoms with van der Waals surface area (Å²) in [6.45, 7) is -0.260. The van der Waals surface area contributed by atoms with Crippen LogP contribution >= 0.6 is 0 Å². The van der Waals surface area contributed by atoms with Gasteiger partial charge in [0.15, 0.2) is 6.73 Å². The number of ether oxygens (including phenoxy) is 2. The normalized spacial score (nSPS) is 20.5. The first-order chi connectivity index (χ1) is 6.56. The third-order valence-corrected chi connectivity index (χ3v) is 1.77. The standard InChI is InChI=1S/C7H9NO6/c1-13-7(12)8-3-14-6(11)4(8)2-5(9)10/h4H,2-3H2,1H3,(H,9,10)/t4-/m0/s1. The quantitative estimate of drug-likeness (QED) is 0.603. The van der Waals surface area contributed by atoms with Crippen molar-refractivity contribution < 1.29 is 29.0 Å². The van der Waals surface area contributed by atoms with Crippen molar-refractivity contribution in [2.75, 3.05) is 13.8 Å². The highest BCUT2D eigenvalue weighted by Crippen LogP contribution is 2.15. The zero-order chi connectivity index (χ0) is 10.7. The Morgan fingerprint density at radius 1 is 1.71 bits per heavy atom. The maximum absolute atomic E-state index is 11.0. The molecule has 1 rings (SSSR count). The van der Waals surface area contributed by atoms with Crippen LogP contribution in [0.3, 0.4) is 0 Å². The maximum atomic E-state index is 11.0. The van der Waals surface area contributed by atoms with Gasteiger partial charge in [0.05, 0.1) is 13.5 Å². The van der Waals surface area contributed by atoms with Crippen LogP contribution in [0.25, 0.3) is 0 Å². The summed E-state index contributed by atoms with van der Waals surface area (Å²) in [6, 6.07) is -1.08. The zero-order valence-corrected chi connectivity index (χ0v) is 7.43. The van der Waals surface area contributed by atoms with E-state index >= 15 is 0 Å². The molecule has 0 radical (unpaired) electrons. The molecule has 1 saturated heterocycles. The van der Waals surface area contributed by atoms with Gasteiger partial charge in [-0.1, -0.05) is 0 Å². The average molecular weight is 203 g/mol. The van der Waals surface area contributed by atoms with Crippen LogP contribution in [0.15, 0.2) is 0 Å². The molecule has 0 aliphatic carbocycles. The first kappa shape index (κ1) is 10.3. The van der Waals surface area contributed by atoms with Crippen molar-refractivity contribution in [2.24, 2.45) is 0 Å². The van der Waals surface area contributed by atoms with Gasteiger partial charge in [-0.15, -0.1) is 0 Å². The summed E-state index contributed by atoms with van der Waals surface area (Å²) >= 11 is 0. The Balaban J connectivity index is 2.71. The zero-order valence-electron chi connectivity index (χ0n) is 7.43. The molecular formula is C7H9NO6. The second kappa shape index (κ2) is 3.95. The van der Waals surface area contributed by atoms with Gasteiger partial charge < -0.3 is 14.6 Å².